The highest BCUT2D eigenvalue weighted by atomic mass is 35.5. The number of ether oxygens (including phenoxy) is 2. The van der Waals surface area contributed by atoms with E-state index in [-0.39, 0.29) is 11.8 Å². The Morgan fingerprint density at radius 1 is 1.07 bits per heavy atom. The molecule has 1 heterocycles. The minimum absolute atomic E-state index is 0.0997. The number of halogens is 1. The molecular weight excluding hydrogens is 378 g/mol. The minimum Gasteiger partial charge on any atom is -0.493 e. The molecule has 0 spiro atoms. The molecule has 0 bridgehead atoms. The van der Waals surface area contributed by atoms with E-state index in [4.69, 9.17) is 26.2 Å². The Hall–Kier alpha value is -3.05. The van der Waals surface area contributed by atoms with Crippen molar-refractivity contribution in [1.82, 2.24) is 4.98 Å². The normalized spacial score (nSPS) is 17.8. The lowest BCUT2D eigenvalue weighted by atomic mass is 10.1. The molecule has 1 aliphatic carbocycles. The third kappa shape index (κ3) is 4.26. The van der Waals surface area contributed by atoms with Gasteiger partial charge in [-0.15, -0.1) is 0 Å². The summed E-state index contributed by atoms with van der Waals surface area (Å²) in [6.07, 6.45) is 2.27. The van der Waals surface area contributed by atoms with Gasteiger partial charge in [0.2, 0.25) is 0 Å². The number of hydrogen-bond acceptors (Lipinski definition) is 4. The van der Waals surface area contributed by atoms with Crippen LogP contribution >= 0.6 is 11.6 Å². The second-order valence-electron chi connectivity index (χ2n) is 6.70. The zero-order valence-electron chi connectivity index (χ0n) is 14.9. The van der Waals surface area contributed by atoms with E-state index in [2.05, 4.69) is 4.98 Å². The lowest BCUT2D eigenvalue weighted by Gasteiger charge is -2.10. The molecule has 1 N–H and O–H groups in total. The first-order chi connectivity index (χ1) is 13.6. The lowest BCUT2D eigenvalue weighted by molar-refractivity contribution is -0.138. The van der Waals surface area contributed by atoms with Crippen LogP contribution in [0.4, 0.5) is 0 Å². The van der Waals surface area contributed by atoms with Crippen LogP contribution in [0.25, 0.3) is 11.1 Å². The predicted octanol–water partition coefficient (Wildman–Crippen LogP) is 5.29. The molecule has 1 aromatic heterocycles. The summed E-state index contributed by atoms with van der Waals surface area (Å²) < 4.78 is 11.5. The van der Waals surface area contributed by atoms with E-state index in [1.54, 1.807) is 6.20 Å². The first kappa shape index (κ1) is 18.3. The molecule has 3 aromatic rings. The van der Waals surface area contributed by atoms with Crippen LogP contribution in [0.2, 0.25) is 5.15 Å². The van der Waals surface area contributed by atoms with Crippen molar-refractivity contribution >= 4 is 17.6 Å². The van der Waals surface area contributed by atoms with Crippen LogP contribution in [0.15, 0.2) is 66.9 Å². The third-order valence-corrected chi connectivity index (χ3v) is 4.96. The second kappa shape index (κ2) is 7.90. The van der Waals surface area contributed by atoms with Gasteiger partial charge in [0.15, 0.2) is 0 Å². The van der Waals surface area contributed by atoms with Crippen molar-refractivity contribution in [3.63, 3.8) is 0 Å². The fourth-order valence-corrected chi connectivity index (χ4v) is 3.19. The molecule has 1 aliphatic rings. The van der Waals surface area contributed by atoms with Crippen LogP contribution < -0.4 is 9.47 Å². The number of para-hydroxylation sites is 1. The molecule has 1 saturated carbocycles. The number of hydrogen-bond donors (Lipinski definition) is 1. The van der Waals surface area contributed by atoms with Crippen molar-refractivity contribution < 1.29 is 19.4 Å². The lowest BCUT2D eigenvalue weighted by Crippen LogP contribution is -2.06. The van der Waals surface area contributed by atoms with E-state index in [9.17, 15) is 4.79 Å². The molecule has 2 atom stereocenters. The molecule has 0 aliphatic heterocycles. The molecular formula is C22H18ClNO4. The maximum Gasteiger partial charge on any atom is 0.306 e. The van der Waals surface area contributed by atoms with Gasteiger partial charge in [-0.1, -0.05) is 41.9 Å². The van der Waals surface area contributed by atoms with Crippen LogP contribution in [0.1, 0.15) is 6.42 Å². The van der Waals surface area contributed by atoms with Gasteiger partial charge in [-0.05, 0) is 42.3 Å². The zero-order chi connectivity index (χ0) is 19.5. The fourth-order valence-electron chi connectivity index (χ4n) is 2.98. The van der Waals surface area contributed by atoms with Crippen molar-refractivity contribution in [3.05, 3.63) is 72.0 Å². The first-order valence-electron chi connectivity index (χ1n) is 8.94. The van der Waals surface area contributed by atoms with Gasteiger partial charge in [-0.2, -0.15) is 0 Å². The predicted molar refractivity (Wildman–Crippen MR) is 106 cm³/mol. The Morgan fingerprint density at radius 2 is 1.82 bits per heavy atom. The average Bonchev–Trinajstić information content (AvgIpc) is 3.49. The maximum atomic E-state index is 10.9. The van der Waals surface area contributed by atoms with E-state index in [0.717, 1.165) is 16.9 Å². The van der Waals surface area contributed by atoms with Crippen molar-refractivity contribution in [2.24, 2.45) is 11.8 Å². The number of carbonyl (C=O) groups is 1. The van der Waals surface area contributed by atoms with Crippen LogP contribution in [0.5, 0.6) is 17.2 Å². The summed E-state index contributed by atoms with van der Waals surface area (Å²) in [7, 11) is 0. The van der Waals surface area contributed by atoms with Crippen LogP contribution in [-0.2, 0) is 4.79 Å². The molecule has 2 aromatic carbocycles. The second-order valence-corrected chi connectivity index (χ2v) is 7.06. The van der Waals surface area contributed by atoms with Gasteiger partial charge < -0.3 is 14.6 Å². The summed E-state index contributed by atoms with van der Waals surface area (Å²) >= 11 is 6.28. The summed E-state index contributed by atoms with van der Waals surface area (Å²) in [6.45, 7) is 0.416. The highest BCUT2D eigenvalue weighted by molar-refractivity contribution is 6.32. The van der Waals surface area contributed by atoms with Crippen LogP contribution in [0.3, 0.4) is 0 Å². The summed E-state index contributed by atoms with van der Waals surface area (Å²) in [5.41, 5.74) is 1.65. The van der Waals surface area contributed by atoms with Gasteiger partial charge >= 0.3 is 5.97 Å². The molecule has 1 fully saturated rings. The molecule has 0 amide bonds. The van der Waals surface area contributed by atoms with Crippen molar-refractivity contribution in [3.8, 4) is 28.4 Å². The van der Waals surface area contributed by atoms with Crippen molar-refractivity contribution in [2.45, 2.75) is 6.42 Å². The zero-order valence-corrected chi connectivity index (χ0v) is 15.7. The van der Waals surface area contributed by atoms with E-state index in [1.165, 1.54) is 0 Å². The molecule has 0 saturated heterocycles. The highest BCUT2D eigenvalue weighted by Crippen LogP contribution is 2.39. The van der Waals surface area contributed by atoms with Gasteiger partial charge in [0.1, 0.15) is 22.4 Å². The number of rotatable bonds is 7. The molecule has 0 unspecified atom stereocenters. The number of carboxylic acid groups (broad SMARTS) is 1. The van der Waals surface area contributed by atoms with Gasteiger partial charge in [-0.25, -0.2) is 4.98 Å². The first-order valence-corrected chi connectivity index (χ1v) is 9.32. The topological polar surface area (TPSA) is 68.7 Å². The number of pyridine rings is 1. The standard InChI is InChI=1S/C22H18ClNO4/c23-21-19(11-18(12-24-21)28-17-4-2-1-3-5-17)14-6-8-16(9-7-14)27-13-15-10-20(15)22(25)26/h1-9,11-12,15,20H,10,13H2,(H,25,26)/t15-,20+/m0/s1. The Labute approximate surface area is 167 Å². The Bertz CT molecular complexity index is 976. The average molecular weight is 396 g/mol. The summed E-state index contributed by atoms with van der Waals surface area (Å²) in [5.74, 6) is 1.10. The van der Waals surface area contributed by atoms with E-state index in [1.807, 2.05) is 60.7 Å². The number of nitrogens with zero attached hydrogens (tertiary/aromatic N) is 1. The number of aliphatic carboxylic acids is 1. The van der Waals surface area contributed by atoms with Gasteiger partial charge in [-0.3, -0.25) is 4.79 Å². The van der Waals surface area contributed by atoms with Crippen LogP contribution in [-0.4, -0.2) is 22.7 Å². The van der Waals surface area contributed by atoms with Gasteiger partial charge in [0.05, 0.1) is 18.7 Å². The summed E-state index contributed by atoms with van der Waals surface area (Å²) in [5, 5.41) is 9.33. The monoisotopic (exact) mass is 395 g/mol. The largest absolute Gasteiger partial charge is 0.493 e. The molecule has 5 nitrogen and oxygen atoms in total. The Kier molecular flexibility index (Phi) is 5.17. The molecule has 4 rings (SSSR count). The number of benzene rings is 2. The number of aromatic nitrogens is 1. The smallest absolute Gasteiger partial charge is 0.306 e. The van der Waals surface area contributed by atoms with Crippen LogP contribution in [0, 0.1) is 11.8 Å². The highest BCUT2D eigenvalue weighted by Gasteiger charge is 2.43. The quantitative estimate of drug-likeness (QED) is 0.550. The Morgan fingerprint density at radius 3 is 2.50 bits per heavy atom. The minimum atomic E-state index is -0.747. The van der Waals surface area contributed by atoms with E-state index < -0.39 is 5.97 Å². The summed E-state index contributed by atoms with van der Waals surface area (Å²) in [4.78, 5) is 15.1. The van der Waals surface area contributed by atoms with E-state index >= 15 is 0 Å². The van der Waals surface area contributed by atoms with Crippen molar-refractivity contribution in [1.29, 1.82) is 0 Å². The molecule has 28 heavy (non-hydrogen) atoms. The molecule has 142 valence electrons. The van der Waals surface area contributed by atoms with Gasteiger partial charge in [0.25, 0.3) is 0 Å². The summed E-state index contributed by atoms with van der Waals surface area (Å²) in [6, 6.07) is 18.8. The SMILES string of the molecule is O=C(O)[C@@H]1C[C@H]1COc1ccc(-c2cc(Oc3ccccc3)cnc2Cl)cc1. The Balaban J connectivity index is 1.45. The van der Waals surface area contributed by atoms with Gasteiger partial charge in [0, 0.05) is 11.5 Å². The third-order valence-electron chi connectivity index (χ3n) is 4.66. The van der Waals surface area contributed by atoms with Crippen molar-refractivity contribution in [2.75, 3.05) is 6.61 Å². The molecule has 6 heteroatoms. The maximum absolute atomic E-state index is 10.9. The fraction of sp³-hybridized carbons (Fsp3) is 0.182. The van der Waals surface area contributed by atoms with E-state index in [0.29, 0.717) is 29.7 Å². The molecule has 0 radical (unpaired) electrons. The number of carboxylic acids is 1.